The minimum atomic E-state index is -0.342. The smallest absolute Gasteiger partial charge is 0.315 e. The van der Waals surface area contributed by atoms with Crippen molar-refractivity contribution in [3.63, 3.8) is 0 Å². The number of amides is 2. The molecule has 2 aromatic heterocycles. The number of rotatable bonds is 5. The fourth-order valence-electron chi connectivity index (χ4n) is 3.19. The lowest BCUT2D eigenvalue weighted by molar-refractivity contribution is 0.231. The number of hydrogen-bond acceptors (Lipinski definition) is 5. The molecule has 25 heavy (non-hydrogen) atoms. The van der Waals surface area contributed by atoms with Gasteiger partial charge in [-0.25, -0.2) is 4.79 Å². The number of urea groups is 1. The van der Waals surface area contributed by atoms with Crippen molar-refractivity contribution in [2.24, 2.45) is 7.05 Å². The molecule has 0 radical (unpaired) electrons. The highest BCUT2D eigenvalue weighted by Gasteiger charge is 2.23. The summed E-state index contributed by atoms with van der Waals surface area (Å²) >= 11 is 0. The van der Waals surface area contributed by atoms with Crippen molar-refractivity contribution in [3.8, 4) is 0 Å². The Morgan fingerprint density at radius 2 is 1.96 bits per heavy atom. The van der Waals surface area contributed by atoms with E-state index in [1.807, 2.05) is 27.1 Å². The number of nitrogens with one attached hydrogen (secondary N) is 2. The molecule has 2 atom stereocenters. The summed E-state index contributed by atoms with van der Waals surface area (Å²) in [4.78, 5) is 16.7. The molecule has 2 aromatic rings. The van der Waals surface area contributed by atoms with Gasteiger partial charge < -0.3 is 15.2 Å². The fourth-order valence-corrected chi connectivity index (χ4v) is 3.19. The van der Waals surface area contributed by atoms with Gasteiger partial charge in [0.05, 0.1) is 12.2 Å². The van der Waals surface area contributed by atoms with Gasteiger partial charge in [-0.2, -0.15) is 10.1 Å². The quantitative estimate of drug-likeness (QED) is 0.867. The van der Waals surface area contributed by atoms with Gasteiger partial charge in [-0.05, 0) is 26.7 Å². The van der Waals surface area contributed by atoms with E-state index in [9.17, 15) is 4.79 Å². The lowest BCUT2D eigenvalue weighted by Crippen LogP contribution is -2.38. The van der Waals surface area contributed by atoms with Gasteiger partial charge in [-0.3, -0.25) is 4.68 Å². The normalized spacial score (nSPS) is 17.9. The Morgan fingerprint density at radius 3 is 2.64 bits per heavy atom. The number of carbonyl (C=O) groups is 1. The van der Waals surface area contributed by atoms with Crippen LogP contribution in [0.15, 0.2) is 16.9 Å². The van der Waals surface area contributed by atoms with E-state index in [2.05, 4.69) is 25.9 Å². The minimum Gasteiger partial charge on any atom is -0.337 e. The zero-order valence-corrected chi connectivity index (χ0v) is 15.0. The molecular weight excluding hydrogens is 320 g/mol. The largest absolute Gasteiger partial charge is 0.337 e. The van der Waals surface area contributed by atoms with Crippen LogP contribution in [0.5, 0.6) is 0 Å². The van der Waals surface area contributed by atoms with Crippen LogP contribution < -0.4 is 10.6 Å². The van der Waals surface area contributed by atoms with Crippen LogP contribution in [0.2, 0.25) is 0 Å². The first-order valence-electron chi connectivity index (χ1n) is 8.92. The zero-order chi connectivity index (χ0) is 17.8. The van der Waals surface area contributed by atoms with Crippen LogP contribution in [0.1, 0.15) is 81.2 Å². The molecule has 2 amide bonds. The molecule has 0 spiro atoms. The van der Waals surface area contributed by atoms with E-state index in [0.717, 1.165) is 24.2 Å². The average Bonchev–Trinajstić information content (AvgIpc) is 3.24. The highest BCUT2D eigenvalue weighted by molar-refractivity contribution is 5.74. The first kappa shape index (κ1) is 17.4. The molecule has 2 N–H and O–H groups in total. The number of carbonyl (C=O) groups excluding carboxylic acids is 1. The fraction of sp³-hybridized carbons (Fsp3) is 0.647. The lowest BCUT2D eigenvalue weighted by atomic mass is 9.89. The Kier molecular flexibility index (Phi) is 5.35. The molecule has 8 nitrogen and oxygen atoms in total. The summed E-state index contributed by atoms with van der Waals surface area (Å²) in [5.41, 5.74) is 0.947. The van der Waals surface area contributed by atoms with Crippen LogP contribution in [0.25, 0.3) is 0 Å². The third kappa shape index (κ3) is 4.37. The van der Waals surface area contributed by atoms with Crippen LogP contribution in [0.3, 0.4) is 0 Å². The van der Waals surface area contributed by atoms with Crippen LogP contribution in [-0.2, 0) is 7.05 Å². The number of hydrogen-bond donors (Lipinski definition) is 2. The Bertz CT molecular complexity index is 704. The van der Waals surface area contributed by atoms with E-state index in [4.69, 9.17) is 4.52 Å². The van der Waals surface area contributed by atoms with E-state index in [0.29, 0.717) is 11.8 Å². The molecule has 8 heteroatoms. The summed E-state index contributed by atoms with van der Waals surface area (Å²) in [6, 6.07) is -0.756. The third-order valence-corrected chi connectivity index (χ3v) is 4.72. The van der Waals surface area contributed by atoms with Crippen molar-refractivity contribution < 1.29 is 9.32 Å². The van der Waals surface area contributed by atoms with E-state index in [-0.39, 0.29) is 18.1 Å². The number of nitrogens with zero attached hydrogens (tertiary/aromatic N) is 4. The molecule has 136 valence electrons. The van der Waals surface area contributed by atoms with Gasteiger partial charge in [0.2, 0.25) is 5.89 Å². The molecule has 0 bridgehead atoms. The predicted octanol–water partition coefficient (Wildman–Crippen LogP) is 2.97. The van der Waals surface area contributed by atoms with Gasteiger partial charge >= 0.3 is 6.03 Å². The molecule has 0 aromatic carbocycles. The second-order valence-electron chi connectivity index (χ2n) is 6.83. The summed E-state index contributed by atoms with van der Waals surface area (Å²) in [5, 5.41) is 14.0. The number of aromatic nitrogens is 4. The maximum absolute atomic E-state index is 12.2. The molecule has 1 aliphatic rings. The van der Waals surface area contributed by atoms with Crippen molar-refractivity contribution >= 4 is 6.03 Å². The predicted molar refractivity (Wildman–Crippen MR) is 91.8 cm³/mol. The standard InChI is InChI=1S/C17H26N6O2/c1-11(14-9-18-23(3)10-14)19-17(24)20-12(2)16-21-15(22-25-16)13-7-5-4-6-8-13/h9-13H,4-8H2,1-3H3,(H2,19,20,24)/t11-,12+/m0/s1. The van der Waals surface area contributed by atoms with E-state index in [1.165, 1.54) is 19.3 Å². The van der Waals surface area contributed by atoms with Gasteiger partial charge in [0, 0.05) is 24.7 Å². The van der Waals surface area contributed by atoms with E-state index >= 15 is 0 Å². The highest BCUT2D eigenvalue weighted by Crippen LogP contribution is 2.31. The summed E-state index contributed by atoms with van der Waals surface area (Å²) in [7, 11) is 1.85. The summed E-state index contributed by atoms with van der Waals surface area (Å²) < 4.78 is 7.06. The Morgan fingerprint density at radius 1 is 1.24 bits per heavy atom. The van der Waals surface area contributed by atoms with Gasteiger partial charge in [0.1, 0.15) is 6.04 Å². The lowest BCUT2D eigenvalue weighted by Gasteiger charge is -2.17. The van der Waals surface area contributed by atoms with Crippen LogP contribution in [-0.4, -0.2) is 26.0 Å². The number of aryl methyl sites for hydroxylation is 1. The molecule has 1 fully saturated rings. The molecule has 0 aliphatic heterocycles. The topological polar surface area (TPSA) is 97.9 Å². The van der Waals surface area contributed by atoms with Crippen LogP contribution >= 0.6 is 0 Å². The average molecular weight is 346 g/mol. The van der Waals surface area contributed by atoms with E-state index in [1.54, 1.807) is 10.9 Å². The maximum Gasteiger partial charge on any atom is 0.315 e. The van der Waals surface area contributed by atoms with Crippen molar-refractivity contribution in [1.82, 2.24) is 30.6 Å². The Hall–Kier alpha value is -2.38. The summed E-state index contributed by atoms with van der Waals surface area (Å²) in [6.45, 7) is 3.75. The van der Waals surface area contributed by atoms with Gasteiger partial charge in [0.25, 0.3) is 0 Å². The van der Waals surface area contributed by atoms with E-state index < -0.39 is 0 Å². The first-order valence-corrected chi connectivity index (χ1v) is 8.92. The third-order valence-electron chi connectivity index (χ3n) is 4.72. The molecule has 0 saturated heterocycles. The van der Waals surface area contributed by atoms with Crippen molar-refractivity contribution in [2.45, 2.75) is 64.0 Å². The van der Waals surface area contributed by atoms with Crippen molar-refractivity contribution in [3.05, 3.63) is 29.7 Å². The summed E-state index contributed by atoms with van der Waals surface area (Å²) in [6.07, 6.45) is 9.57. The van der Waals surface area contributed by atoms with Gasteiger partial charge in [-0.15, -0.1) is 0 Å². The molecule has 1 saturated carbocycles. The molecular formula is C17H26N6O2. The minimum absolute atomic E-state index is 0.138. The second-order valence-corrected chi connectivity index (χ2v) is 6.83. The SMILES string of the molecule is C[C@H](NC(=O)N[C@H](C)c1nc(C2CCCCC2)no1)c1cnn(C)c1. The molecule has 1 aliphatic carbocycles. The second kappa shape index (κ2) is 7.67. The molecule has 0 unspecified atom stereocenters. The van der Waals surface area contributed by atoms with Crippen LogP contribution in [0.4, 0.5) is 4.79 Å². The maximum atomic E-state index is 12.2. The van der Waals surface area contributed by atoms with Crippen molar-refractivity contribution in [2.75, 3.05) is 0 Å². The van der Waals surface area contributed by atoms with Gasteiger partial charge in [-0.1, -0.05) is 24.4 Å². The molecule has 2 heterocycles. The first-order chi connectivity index (χ1) is 12.0. The zero-order valence-electron chi connectivity index (χ0n) is 15.0. The van der Waals surface area contributed by atoms with Crippen molar-refractivity contribution in [1.29, 1.82) is 0 Å². The highest BCUT2D eigenvalue weighted by atomic mass is 16.5. The Labute approximate surface area is 147 Å². The van der Waals surface area contributed by atoms with Gasteiger partial charge in [0.15, 0.2) is 5.82 Å². The Balaban J connectivity index is 1.53. The molecule has 3 rings (SSSR count). The summed E-state index contributed by atoms with van der Waals surface area (Å²) in [5.74, 6) is 1.61. The van der Waals surface area contributed by atoms with Crippen LogP contribution in [0, 0.1) is 0 Å². The monoisotopic (exact) mass is 346 g/mol.